The zero-order valence-corrected chi connectivity index (χ0v) is 10.5. The predicted molar refractivity (Wildman–Crippen MR) is 70.8 cm³/mol. The van der Waals surface area contributed by atoms with Gasteiger partial charge in [0.2, 0.25) is 0 Å². The minimum Gasteiger partial charge on any atom is -0.367 e. The van der Waals surface area contributed by atoms with E-state index in [1.807, 2.05) is 16.8 Å². The molecule has 4 heteroatoms. The van der Waals surface area contributed by atoms with E-state index in [1.165, 1.54) is 44.2 Å². The summed E-state index contributed by atoms with van der Waals surface area (Å²) in [6.07, 6.45) is 9.67. The third kappa shape index (κ3) is 1.76. The summed E-state index contributed by atoms with van der Waals surface area (Å²) in [7, 11) is 0. The number of fused-ring (bicyclic) bond motifs is 1. The molecule has 94 valence electrons. The smallest absolute Gasteiger partial charge is 0.157 e. The van der Waals surface area contributed by atoms with Crippen molar-refractivity contribution >= 4 is 11.5 Å². The van der Waals surface area contributed by atoms with E-state index in [4.69, 9.17) is 4.98 Å². The standard InChI is InChI=1S/C14H18N4/c1-2-4-11(3-1)16-14-9-12(10-5-6-10)17-13-7-8-15-18(13)14/h7-11,16H,1-6H2. The largest absolute Gasteiger partial charge is 0.367 e. The minimum absolute atomic E-state index is 0.617. The van der Waals surface area contributed by atoms with Crippen LogP contribution >= 0.6 is 0 Å². The monoisotopic (exact) mass is 242 g/mol. The van der Waals surface area contributed by atoms with Gasteiger partial charge < -0.3 is 5.32 Å². The van der Waals surface area contributed by atoms with Gasteiger partial charge in [-0.2, -0.15) is 9.61 Å². The molecule has 0 amide bonds. The lowest BCUT2D eigenvalue weighted by Gasteiger charge is -2.15. The number of anilines is 1. The third-order valence-electron chi connectivity index (χ3n) is 4.08. The molecule has 2 aromatic rings. The first-order valence-electron chi connectivity index (χ1n) is 7.01. The Morgan fingerprint density at radius 2 is 2.00 bits per heavy atom. The number of hydrogen-bond acceptors (Lipinski definition) is 3. The van der Waals surface area contributed by atoms with E-state index in [9.17, 15) is 0 Å². The van der Waals surface area contributed by atoms with Gasteiger partial charge in [-0.1, -0.05) is 12.8 Å². The maximum Gasteiger partial charge on any atom is 0.157 e. The topological polar surface area (TPSA) is 42.2 Å². The van der Waals surface area contributed by atoms with Crippen LogP contribution in [0.1, 0.15) is 50.1 Å². The zero-order chi connectivity index (χ0) is 11.9. The first-order chi connectivity index (χ1) is 8.90. The van der Waals surface area contributed by atoms with Gasteiger partial charge in [-0.3, -0.25) is 0 Å². The molecule has 0 spiro atoms. The second-order valence-corrected chi connectivity index (χ2v) is 5.57. The van der Waals surface area contributed by atoms with Crippen molar-refractivity contribution in [3.63, 3.8) is 0 Å². The molecular weight excluding hydrogens is 224 g/mol. The molecule has 0 bridgehead atoms. The number of rotatable bonds is 3. The zero-order valence-electron chi connectivity index (χ0n) is 10.5. The van der Waals surface area contributed by atoms with Crippen LogP contribution in [0.3, 0.4) is 0 Å². The van der Waals surface area contributed by atoms with Crippen LogP contribution in [0.25, 0.3) is 5.65 Å². The molecule has 2 aromatic heterocycles. The molecule has 0 aromatic carbocycles. The SMILES string of the molecule is c1cc2nc(C3CC3)cc(NC3CCCC3)n2n1. The second-order valence-electron chi connectivity index (χ2n) is 5.57. The van der Waals surface area contributed by atoms with Crippen molar-refractivity contribution < 1.29 is 0 Å². The van der Waals surface area contributed by atoms with E-state index >= 15 is 0 Å². The van der Waals surface area contributed by atoms with Crippen LogP contribution in [0.15, 0.2) is 18.3 Å². The van der Waals surface area contributed by atoms with Crippen molar-refractivity contribution in [2.45, 2.75) is 50.5 Å². The lowest BCUT2D eigenvalue weighted by Crippen LogP contribution is -2.17. The molecule has 1 N–H and O–H groups in total. The van der Waals surface area contributed by atoms with Crippen molar-refractivity contribution in [2.24, 2.45) is 0 Å². The van der Waals surface area contributed by atoms with Crippen LogP contribution in [0.5, 0.6) is 0 Å². The molecule has 18 heavy (non-hydrogen) atoms. The Morgan fingerprint density at radius 1 is 1.17 bits per heavy atom. The molecule has 2 saturated carbocycles. The van der Waals surface area contributed by atoms with E-state index in [2.05, 4.69) is 16.5 Å². The van der Waals surface area contributed by atoms with Gasteiger partial charge in [0.15, 0.2) is 5.65 Å². The highest BCUT2D eigenvalue weighted by molar-refractivity contribution is 5.50. The molecule has 0 unspecified atom stereocenters. The predicted octanol–water partition coefficient (Wildman–Crippen LogP) is 2.96. The van der Waals surface area contributed by atoms with Gasteiger partial charge >= 0.3 is 0 Å². The lowest BCUT2D eigenvalue weighted by atomic mass is 10.2. The van der Waals surface area contributed by atoms with Gasteiger partial charge in [0.05, 0.1) is 6.20 Å². The summed E-state index contributed by atoms with van der Waals surface area (Å²) in [5.74, 6) is 1.81. The molecule has 0 radical (unpaired) electrons. The maximum atomic E-state index is 4.69. The van der Waals surface area contributed by atoms with Crippen molar-refractivity contribution in [2.75, 3.05) is 5.32 Å². The first-order valence-corrected chi connectivity index (χ1v) is 7.01. The fraction of sp³-hybridized carbons (Fsp3) is 0.571. The molecule has 2 aliphatic carbocycles. The Bertz CT molecular complexity index is 564. The van der Waals surface area contributed by atoms with Crippen LogP contribution in [0.4, 0.5) is 5.82 Å². The van der Waals surface area contributed by atoms with Gasteiger partial charge in [-0.05, 0) is 25.7 Å². The Balaban J connectivity index is 1.73. The van der Waals surface area contributed by atoms with Crippen molar-refractivity contribution in [3.05, 3.63) is 24.0 Å². The minimum atomic E-state index is 0.617. The summed E-state index contributed by atoms with van der Waals surface area (Å²) < 4.78 is 1.93. The summed E-state index contributed by atoms with van der Waals surface area (Å²) in [6.45, 7) is 0. The molecule has 0 atom stereocenters. The first kappa shape index (κ1) is 10.4. The molecule has 4 rings (SSSR count). The average molecular weight is 242 g/mol. The van der Waals surface area contributed by atoms with Crippen molar-refractivity contribution in [3.8, 4) is 0 Å². The Kier molecular flexibility index (Phi) is 2.28. The molecule has 2 heterocycles. The highest BCUT2D eigenvalue weighted by Gasteiger charge is 2.26. The fourth-order valence-corrected chi connectivity index (χ4v) is 2.90. The van der Waals surface area contributed by atoms with Gasteiger partial charge in [0.1, 0.15) is 5.82 Å². The van der Waals surface area contributed by atoms with Gasteiger partial charge in [-0.25, -0.2) is 4.98 Å². The summed E-state index contributed by atoms with van der Waals surface area (Å²) >= 11 is 0. The molecule has 0 saturated heterocycles. The molecule has 2 fully saturated rings. The summed E-state index contributed by atoms with van der Waals surface area (Å²) in [5.41, 5.74) is 2.21. The number of aromatic nitrogens is 3. The highest BCUT2D eigenvalue weighted by Crippen LogP contribution is 2.40. The molecular formula is C14H18N4. The summed E-state index contributed by atoms with van der Waals surface area (Å²) in [6, 6.07) is 4.81. The Morgan fingerprint density at radius 3 is 2.78 bits per heavy atom. The summed E-state index contributed by atoms with van der Waals surface area (Å²) in [5, 5.41) is 8.03. The van der Waals surface area contributed by atoms with E-state index in [1.54, 1.807) is 0 Å². The van der Waals surface area contributed by atoms with E-state index < -0.39 is 0 Å². The fourth-order valence-electron chi connectivity index (χ4n) is 2.90. The van der Waals surface area contributed by atoms with Crippen molar-refractivity contribution in [1.29, 1.82) is 0 Å². The normalized spacial score (nSPS) is 20.7. The van der Waals surface area contributed by atoms with Crippen LogP contribution in [0, 0.1) is 0 Å². The van der Waals surface area contributed by atoms with Gasteiger partial charge in [0, 0.05) is 29.8 Å². The lowest BCUT2D eigenvalue weighted by molar-refractivity contribution is 0.738. The van der Waals surface area contributed by atoms with Crippen LogP contribution in [0.2, 0.25) is 0 Å². The van der Waals surface area contributed by atoms with Crippen molar-refractivity contribution in [1.82, 2.24) is 14.6 Å². The Hall–Kier alpha value is -1.58. The second kappa shape index (κ2) is 3.97. The van der Waals surface area contributed by atoms with E-state index in [0.717, 1.165) is 11.5 Å². The number of nitrogens with one attached hydrogen (secondary N) is 1. The maximum absolute atomic E-state index is 4.69. The highest BCUT2D eigenvalue weighted by atomic mass is 15.3. The average Bonchev–Trinajstić information content (AvgIpc) is 2.90. The molecule has 2 aliphatic rings. The van der Waals surface area contributed by atoms with Gasteiger partial charge in [0.25, 0.3) is 0 Å². The van der Waals surface area contributed by atoms with Gasteiger partial charge in [-0.15, -0.1) is 0 Å². The number of nitrogens with zero attached hydrogens (tertiary/aromatic N) is 3. The number of hydrogen-bond donors (Lipinski definition) is 1. The van der Waals surface area contributed by atoms with E-state index in [-0.39, 0.29) is 0 Å². The molecule has 0 aliphatic heterocycles. The van der Waals surface area contributed by atoms with Crippen LogP contribution in [-0.2, 0) is 0 Å². The summed E-state index contributed by atoms with van der Waals surface area (Å²) in [4.78, 5) is 4.69. The molecule has 4 nitrogen and oxygen atoms in total. The van der Waals surface area contributed by atoms with Crippen LogP contribution in [-0.4, -0.2) is 20.6 Å². The third-order valence-corrected chi connectivity index (χ3v) is 4.08. The van der Waals surface area contributed by atoms with E-state index in [0.29, 0.717) is 12.0 Å². The quantitative estimate of drug-likeness (QED) is 0.899. The van der Waals surface area contributed by atoms with Crippen LogP contribution < -0.4 is 5.32 Å². The Labute approximate surface area is 106 Å².